The van der Waals surface area contributed by atoms with Crippen molar-refractivity contribution in [2.24, 2.45) is 5.73 Å². The number of carbonyl (C=O) groups is 2. The van der Waals surface area contributed by atoms with Crippen LogP contribution < -0.4 is 15.8 Å². The van der Waals surface area contributed by atoms with E-state index in [9.17, 15) is 14.7 Å². The van der Waals surface area contributed by atoms with Crippen LogP contribution in [0.15, 0.2) is 91.1 Å². The Kier molecular flexibility index (Phi) is 8.06. The molecule has 4 aromatic carbocycles. The molecule has 0 fully saturated rings. The number of fused-ring (bicyclic) bond motifs is 1. The number of hydrogen-bond donors (Lipinski definition) is 4. The number of ether oxygens (including phenoxy) is 1. The summed E-state index contributed by atoms with van der Waals surface area (Å²) in [5.41, 5.74) is 11.9. The maximum Gasteiger partial charge on any atom is 0.336 e. The average Bonchev–Trinajstić information content (AvgIpc) is 3.36. The maximum atomic E-state index is 13.2. The molecule has 8 heteroatoms. The fourth-order valence-corrected chi connectivity index (χ4v) is 5.21. The van der Waals surface area contributed by atoms with Crippen molar-refractivity contribution in [3.8, 4) is 16.9 Å². The molecular weight excluding hydrogens is 528 g/mol. The molecular formula is C34H32N4O4. The molecule has 1 aromatic heterocycles. The summed E-state index contributed by atoms with van der Waals surface area (Å²) in [5, 5.41) is 21.9. The minimum atomic E-state index is -1.09. The molecule has 0 spiro atoms. The molecule has 5 aromatic rings. The number of amides is 1. The van der Waals surface area contributed by atoms with Gasteiger partial charge in [-0.2, -0.15) is 0 Å². The number of hydrogen-bond acceptors (Lipinski definition) is 4. The summed E-state index contributed by atoms with van der Waals surface area (Å²) in [5.74, 6) is -0.905. The molecule has 1 amide bonds. The number of aromatic nitrogens is 1. The number of amidine groups is 1. The number of nitrogens with one attached hydrogen (secondary N) is 2. The molecule has 1 heterocycles. The highest BCUT2D eigenvalue weighted by Crippen LogP contribution is 2.34. The Labute approximate surface area is 243 Å². The highest BCUT2D eigenvalue weighted by molar-refractivity contribution is 6.01. The minimum absolute atomic E-state index is 0.00595. The number of benzene rings is 4. The van der Waals surface area contributed by atoms with Gasteiger partial charge in [0, 0.05) is 47.7 Å². The molecule has 8 nitrogen and oxygen atoms in total. The van der Waals surface area contributed by atoms with Gasteiger partial charge in [0.05, 0.1) is 12.7 Å². The first kappa shape index (κ1) is 28.2. The van der Waals surface area contributed by atoms with Gasteiger partial charge in [-0.25, -0.2) is 4.79 Å². The summed E-state index contributed by atoms with van der Waals surface area (Å²) < 4.78 is 7.40. The van der Waals surface area contributed by atoms with E-state index >= 15 is 0 Å². The molecule has 0 saturated carbocycles. The molecule has 212 valence electrons. The van der Waals surface area contributed by atoms with Crippen LogP contribution in [-0.4, -0.2) is 34.5 Å². The van der Waals surface area contributed by atoms with Gasteiger partial charge in [-0.3, -0.25) is 10.2 Å². The first-order valence-electron chi connectivity index (χ1n) is 13.6. The predicted octanol–water partition coefficient (Wildman–Crippen LogP) is 5.84. The van der Waals surface area contributed by atoms with Crippen molar-refractivity contribution in [2.75, 3.05) is 7.11 Å². The highest BCUT2D eigenvalue weighted by Gasteiger charge is 2.20. The zero-order valence-corrected chi connectivity index (χ0v) is 23.5. The van der Waals surface area contributed by atoms with Crippen LogP contribution in [0.5, 0.6) is 5.75 Å². The fourth-order valence-electron chi connectivity index (χ4n) is 5.21. The third-order valence-electron chi connectivity index (χ3n) is 7.41. The fraction of sp³-hybridized carbons (Fsp3) is 0.147. The summed E-state index contributed by atoms with van der Waals surface area (Å²) in [6, 6.07) is 25.7. The molecule has 5 rings (SSSR count). The Morgan fingerprint density at radius 3 is 2.38 bits per heavy atom. The average molecular weight is 561 g/mol. The van der Waals surface area contributed by atoms with Crippen molar-refractivity contribution in [3.05, 3.63) is 125 Å². The lowest BCUT2D eigenvalue weighted by molar-refractivity contribution is 0.0697. The van der Waals surface area contributed by atoms with Crippen LogP contribution in [0.3, 0.4) is 0 Å². The van der Waals surface area contributed by atoms with E-state index in [4.69, 9.17) is 15.9 Å². The predicted molar refractivity (Wildman–Crippen MR) is 164 cm³/mol. The third-order valence-corrected chi connectivity index (χ3v) is 7.41. The van der Waals surface area contributed by atoms with Crippen molar-refractivity contribution in [2.45, 2.75) is 26.4 Å². The number of aromatic carboxylic acids is 1. The third kappa shape index (κ3) is 5.74. The van der Waals surface area contributed by atoms with Crippen molar-refractivity contribution >= 4 is 28.6 Å². The Bertz CT molecular complexity index is 1810. The topological polar surface area (TPSA) is 130 Å². The van der Waals surface area contributed by atoms with E-state index in [0.29, 0.717) is 41.0 Å². The monoisotopic (exact) mass is 560 g/mol. The largest absolute Gasteiger partial charge is 0.497 e. The number of nitrogen functional groups attached to an aromatic ring is 1. The summed E-state index contributed by atoms with van der Waals surface area (Å²) in [7, 11) is 1.49. The van der Waals surface area contributed by atoms with Crippen LogP contribution in [0, 0.1) is 5.41 Å². The lowest BCUT2D eigenvalue weighted by Crippen LogP contribution is -2.22. The number of carbonyl (C=O) groups excluding carboxylic acids is 1. The summed E-state index contributed by atoms with van der Waals surface area (Å²) >= 11 is 0. The van der Waals surface area contributed by atoms with Crippen molar-refractivity contribution in [3.63, 3.8) is 0 Å². The Balaban J connectivity index is 1.60. The quantitative estimate of drug-likeness (QED) is 0.126. The van der Waals surface area contributed by atoms with Crippen LogP contribution >= 0.6 is 0 Å². The van der Waals surface area contributed by atoms with Gasteiger partial charge in [-0.05, 0) is 71.1 Å². The summed E-state index contributed by atoms with van der Waals surface area (Å²) in [4.78, 5) is 25.6. The summed E-state index contributed by atoms with van der Waals surface area (Å²) in [6.45, 7) is 3.15. The lowest BCUT2D eigenvalue weighted by atomic mass is 9.90. The van der Waals surface area contributed by atoms with E-state index in [0.717, 1.165) is 34.1 Å². The molecule has 5 N–H and O–H groups in total. The first-order chi connectivity index (χ1) is 20.3. The second kappa shape index (κ2) is 12.0. The molecule has 0 aliphatic rings. The van der Waals surface area contributed by atoms with Crippen molar-refractivity contribution < 1.29 is 19.4 Å². The molecule has 0 aliphatic heterocycles. The molecule has 42 heavy (non-hydrogen) atoms. The molecule has 0 bridgehead atoms. The van der Waals surface area contributed by atoms with E-state index in [2.05, 4.69) is 23.0 Å². The van der Waals surface area contributed by atoms with E-state index in [1.807, 2.05) is 54.6 Å². The number of nitrogens with two attached hydrogens (primary N) is 1. The van der Waals surface area contributed by atoms with Gasteiger partial charge in [-0.1, -0.05) is 48.5 Å². The van der Waals surface area contributed by atoms with Gasteiger partial charge >= 0.3 is 5.97 Å². The number of carboxylic acids is 1. The molecule has 0 saturated heterocycles. The Morgan fingerprint density at radius 1 is 0.929 bits per heavy atom. The van der Waals surface area contributed by atoms with Crippen LogP contribution in [0.2, 0.25) is 0 Å². The van der Waals surface area contributed by atoms with Crippen LogP contribution in [0.4, 0.5) is 0 Å². The van der Waals surface area contributed by atoms with Gasteiger partial charge in [0.25, 0.3) is 5.91 Å². The highest BCUT2D eigenvalue weighted by atomic mass is 16.5. The smallest absolute Gasteiger partial charge is 0.336 e. The zero-order chi connectivity index (χ0) is 29.8. The van der Waals surface area contributed by atoms with Crippen molar-refractivity contribution in [1.82, 2.24) is 9.88 Å². The zero-order valence-electron chi connectivity index (χ0n) is 23.5. The van der Waals surface area contributed by atoms with E-state index in [1.165, 1.54) is 13.2 Å². The van der Waals surface area contributed by atoms with Gasteiger partial charge in [0.2, 0.25) is 0 Å². The van der Waals surface area contributed by atoms with Gasteiger partial charge in [-0.15, -0.1) is 0 Å². The number of carboxylic acid groups (broad SMARTS) is 1. The summed E-state index contributed by atoms with van der Waals surface area (Å²) in [6.07, 6.45) is 2.57. The number of rotatable bonds is 10. The van der Waals surface area contributed by atoms with Gasteiger partial charge in [0.15, 0.2) is 0 Å². The second-order valence-corrected chi connectivity index (χ2v) is 10.0. The molecule has 0 unspecified atom stereocenters. The number of aryl methyl sites for hydroxylation is 1. The standard InChI is InChI=1S/C34H32N4O4/c1-3-38-20-25(27-13-11-23(32(35)36)17-31(27)38)15-22-9-10-24(33(39)37-19-21-7-5-4-6-8-21)16-29(22)28-14-12-26(42-2)18-30(28)34(40)41/h4-14,16-18,20H,3,15,19H2,1-2H3,(H3,35,36)(H,37,39)(H,40,41). The SMILES string of the molecule is CCn1cc(Cc2ccc(C(=O)NCc3ccccc3)cc2-c2ccc(OC)cc2C(=O)O)c2ccc(C(=N)N)cc21. The number of nitrogens with zero attached hydrogens (tertiary/aromatic N) is 1. The normalized spacial score (nSPS) is 10.9. The van der Waals surface area contributed by atoms with E-state index in [-0.39, 0.29) is 17.3 Å². The van der Waals surface area contributed by atoms with Crippen molar-refractivity contribution in [1.29, 1.82) is 5.41 Å². The van der Waals surface area contributed by atoms with Crippen LogP contribution in [0.25, 0.3) is 22.0 Å². The maximum absolute atomic E-state index is 13.2. The lowest BCUT2D eigenvalue weighted by Gasteiger charge is -2.15. The van der Waals surface area contributed by atoms with Gasteiger partial charge < -0.3 is 25.5 Å². The second-order valence-electron chi connectivity index (χ2n) is 10.0. The Hall–Kier alpha value is -5.37. The molecule has 0 radical (unpaired) electrons. The molecule has 0 aliphatic carbocycles. The van der Waals surface area contributed by atoms with E-state index in [1.54, 1.807) is 24.3 Å². The Morgan fingerprint density at radius 2 is 1.69 bits per heavy atom. The van der Waals surface area contributed by atoms with Crippen LogP contribution in [-0.2, 0) is 19.5 Å². The first-order valence-corrected chi connectivity index (χ1v) is 13.6. The van der Waals surface area contributed by atoms with Gasteiger partial charge in [0.1, 0.15) is 11.6 Å². The van der Waals surface area contributed by atoms with Crippen LogP contribution in [0.1, 0.15) is 49.9 Å². The number of methoxy groups -OCH3 is 1. The van der Waals surface area contributed by atoms with E-state index < -0.39 is 5.97 Å². The minimum Gasteiger partial charge on any atom is -0.497 e. The molecule has 0 atom stereocenters.